The maximum Gasteiger partial charge on any atom is 0.137 e. The van der Waals surface area contributed by atoms with E-state index in [1.807, 2.05) is 24.3 Å². The zero-order chi connectivity index (χ0) is 36.7. The summed E-state index contributed by atoms with van der Waals surface area (Å²) in [7, 11) is 0. The minimum absolute atomic E-state index is 0.858. The Bertz CT molecular complexity index is 3480. The molecule has 0 amide bonds. The highest BCUT2D eigenvalue weighted by atomic mass is 16.3. The first kappa shape index (κ1) is 30.9. The standard InChI is InChI=1S/C52H32N2O2/c1-2-10-40-35(9-1)21-29-47-52(40)44-13-3-6-14-46(44)54(47)37-24-19-34(20-25-37)33-17-22-36(23-18-33)53(38-27-30-50-45(31-38)42-12-5-8-16-49(42)55-50)39-26-28-43-41-11-4-7-15-48(41)56-51(43)32-39/h1-32H. The second-order valence-electron chi connectivity index (χ2n) is 14.5. The van der Waals surface area contributed by atoms with E-state index in [1.54, 1.807) is 0 Å². The summed E-state index contributed by atoms with van der Waals surface area (Å²) in [5, 5.41) is 9.51. The Hall–Kier alpha value is -7.56. The number of benzene rings is 9. The molecule has 0 saturated heterocycles. The van der Waals surface area contributed by atoms with Crippen LogP contribution in [0.1, 0.15) is 0 Å². The largest absolute Gasteiger partial charge is 0.456 e. The SMILES string of the molecule is c1ccc2c(c1)ccc1c2c2ccccc2n1-c1ccc(-c2ccc(N(c3ccc4c(c3)oc3ccccc34)c3ccc4oc5ccccc5c4c3)cc2)cc1. The van der Waals surface area contributed by atoms with Gasteiger partial charge < -0.3 is 18.3 Å². The lowest BCUT2D eigenvalue weighted by Crippen LogP contribution is -2.09. The summed E-state index contributed by atoms with van der Waals surface area (Å²) in [4.78, 5) is 2.30. The number of nitrogens with zero attached hydrogens (tertiary/aromatic N) is 2. The smallest absolute Gasteiger partial charge is 0.137 e. The first-order valence-electron chi connectivity index (χ1n) is 19.0. The van der Waals surface area contributed by atoms with Gasteiger partial charge in [-0.05, 0) is 101 Å². The fraction of sp³-hybridized carbons (Fsp3) is 0. The van der Waals surface area contributed by atoms with Crippen molar-refractivity contribution in [1.82, 2.24) is 4.57 Å². The highest BCUT2D eigenvalue weighted by Gasteiger charge is 2.19. The van der Waals surface area contributed by atoms with E-state index in [-0.39, 0.29) is 0 Å². The minimum atomic E-state index is 0.858. The van der Waals surface area contributed by atoms with E-state index in [0.29, 0.717) is 0 Å². The van der Waals surface area contributed by atoms with Crippen molar-refractivity contribution in [1.29, 1.82) is 0 Å². The molecule has 4 heteroatoms. The van der Waals surface area contributed by atoms with E-state index in [2.05, 4.69) is 179 Å². The van der Waals surface area contributed by atoms with Gasteiger partial charge in [-0.3, -0.25) is 0 Å². The topological polar surface area (TPSA) is 34.5 Å². The second-order valence-corrected chi connectivity index (χ2v) is 14.5. The van der Waals surface area contributed by atoms with Crippen molar-refractivity contribution in [3.63, 3.8) is 0 Å². The maximum atomic E-state index is 6.37. The number of aromatic nitrogens is 1. The quantitative estimate of drug-likeness (QED) is 0.178. The van der Waals surface area contributed by atoms with Gasteiger partial charge in [-0.1, -0.05) is 109 Å². The van der Waals surface area contributed by atoms with E-state index >= 15 is 0 Å². The third-order valence-electron chi connectivity index (χ3n) is 11.4. The van der Waals surface area contributed by atoms with E-state index in [0.717, 1.165) is 77.8 Å². The van der Waals surface area contributed by atoms with Crippen molar-refractivity contribution < 1.29 is 8.83 Å². The average molecular weight is 717 g/mol. The summed E-state index contributed by atoms with van der Waals surface area (Å²) in [5.41, 5.74) is 12.5. The van der Waals surface area contributed by atoms with Crippen molar-refractivity contribution in [2.75, 3.05) is 4.90 Å². The van der Waals surface area contributed by atoms with Crippen molar-refractivity contribution in [2.45, 2.75) is 0 Å². The normalized spacial score (nSPS) is 11.9. The van der Waals surface area contributed by atoms with E-state index < -0.39 is 0 Å². The van der Waals surface area contributed by atoms with E-state index in [1.165, 1.54) is 32.6 Å². The number of rotatable bonds is 5. The van der Waals surface area contributed by atoms with Gasteiger partial charge in [0.2, 0.25) is 0 Å². The number of furan rings is 2. The first-order chi connectivity index (χ1) is 27.7. The Morgan fingerprint density at radius 3 is 1.68 bits per heavy atom. The number of fused-ring (bicyclic) bond motifs is 11. The maximum absolute atomic E-state index is 6.37. The Balaban J connectivity index is 0.951. The summed E-state index contributed by atoms with van der Waals surface area (Å²) in [6, 6.07) is 69.1. The van der Waals surface area contributed by atoms with Crippen LogP contribution < -0.4 is 4.90 Å². The van der Waals surface area contributed by atoms with Gasteiger partial charge in [0.1, 0.15) is 22.3 Å². The molecule has 0 atom stereocenters. The van der Waals surface area contributed by atoms with Gasteiger partial charge in [0.15, 0.2) is 0 Å². The third-order valence-corrected chi connectivity index (χ3v) is 11.4. The molecule has 0 spiro atoms. The molecule has 12 rings (SSSR count). The summed E-state index contributed by atoms with van der Waals surface area (Å²) in [6.07, 6.45) is 0. The molecule has 0 N–H and O–H groups in total. The minimum Gasteiger partial charge on any atom is -0.456 e. The predicted octanol–water partition coefficient (Wildman–Crippen LogP) is 14.9. The van der Waals surface area contributed by atoms with Crippen LogP contribution in [0.25, 0.3) is 93.3 Å². The van der Waals surface area contributed by atoms with Crippen LogP contribution in [0.2, 0.25) is 0 Å². The summed E-state index contributed by atoms with van der Waals surface area (Å²) in [5.74, 6) is 0. The number of anilines is 3. The molecule has 0 aliphatic carbocycles. The molecule has 0 bridgehead atoms. The van der Waals surface area contributed by atoms with Gasteiger partial charge in [-0.15, -0.1) is 0 Å². The molecule has 3 aromatic heterocycles. The van der Waals surface area contributed by atoms with E-state index in [9.17, 15) is 0 Å². The monoisotopic (exact) mass is 716 g/mol. The third kappa shape index (κ3) is 4.66. The van der Waals surface area contributed by atoms with Crippen LogP contribution in [0.3, 0.4) is 0 Å². The highest BCUT2D eigenvalue weighted by Crippen LogP contribution is 2.42. The molecule has 0 fully saturated rings. The summed E-state index contributed by atoms with van der Waals surface area (Å²) >= 11 is 0. The summed E-state index contributed by atoms with van der Waals surface area (Å²) in [6.45, 7) is 0. The van der Waals surface area contributed by atoms with Gasteiger partial charge in [-0.25, -0.2) is 0 Å². The molecule has 56 heavy (non-hydrogen) atoms. The van der Waals surface area contributed by atoms with Gasteiger partial charge >= 0.3 is 0 Å². The Morgan fingerprint density at radius 2 is 0.893 bits per heavy atom. The zero-order valence-electron chi connectivity index (χ0n) is 30.2. The number of para-hydroxylation sites is 3. The van der Waals surface area contributed by atoms with E-state index in [4.69, 9.17) is 8.83 Å². The summed E-state index contributed by atoms with van der Waals surface area (Å²) < 4.78 is 15.0. The van der Waals surface area contributed by atoms with Crippen molar-refractivity contribution in [2.24, 2.45) is 0 Å². The lowest BCUT2D eigenvalue weighted by Gasteiger charge is -2.25. The molecule has 3 heterocycles. The lowest BCUT2D eigenvalue weighted by molar-refractivity contribution is 0.668. The molecule has 0 aliphatic rings. The molecule has 12 aromatic rings. The Morgan fingerprint density at radius 1 is 0.339 bits per heavy atom. The fourth-order valence-corrected chi connectivity index (χ4v) is 8.78. The van der Waals surface area contributed by atoms with Crippen LogP contribution in [0.5, 0.6) is 0 Å². The van der Waals surface area contributed by atoms with Crippen LogP contribution >= 0.6 is 0 Å². The van der Waals surface area contributed by atoms with Crippen LogP contribution in [0, 0.1) is 0 Å². The number of hydrogen-bond acceptors (Lipinski definition) is 3. The molecule has 0 aliphatic heterocycles. The van der Waals surface area contributed by atoms with Crippen LogP contribution in [-0.2, 0) is 0 Å². The Kier molecular flexibility index (Phi) is 6.60. The van der Waals surface area contributed by atoms with Crippen LogP contribution in [0.4, 0.5) is 17.1 Å². The first-order valence-corrected chi connectivity index (χ1v) is 19.0. The van der Waals surface area contributed by atoms with Gasteiger partial charge in [-0.2, -0.15) is 0 Å². The van der Waals surface area contributed by atoms with Gasteiger partial charge in [0, 0.05) is 61.1 Å². The molecule has 0 saturated carbocycles. The molecular weight excluding hydrogens is 685 g/mol. The molecule has 4 nitrogen and oxygen atoms in total. The predicted molar refractivity (Wildman–Crippen MR) is 233 cm³/mol. The van der Waals surface area contributed by atoms with Crippen molar-refractivity contribution in [3.05, 3.63) is 194 Å². The molecule has 0 radical (unpaired) electrons. The molecule has 9 aromatic carbocycles. The lowest BCUT2D eigenvalue weighted by atomic mass is 10.0. The van der Waals surface area contributed by atoms with Crippen molar-refractivity contribution >= 4 is 93.5 Å². The zero-order valence-corrected chi connectivity index (χ0v) is 30.2. The van der Waals surface area contributed by atoms with Gasteiger partial charge in [0.25, 0.3) is 0 Å². The van der Waals surface area contributed by atoms with Crippen LogP contribution in [-0.4, -0.2) is 4.57 Å². The molecular formula is C52H32N2O2. The van der Waals surface area contributed by atoms with Crippen LogP contribution in [0.15, 0.2) is 203 Å². The molecule has 262 valence electrons. The number of hydrogen-bond donors (Lipinski definition) is 0. The Labute approximate surface area is 321 Å². The fourth-order valence-electron chi connectivity index (χ4n) is 8.78. The molecule has 0 unspecified atom stereocenters. The highest BCUT2D eigenvalue weighted by molar-refractivity contribution is 6.21. The second kappa shape index (κ2) is 12.0. The van der Waals surface area contributed by atoms with Crippen molar-refractivity contribution in [3.8, 4) is 16.8 Å². The van der Waals surface area contributed by atoms with Gasteiger partial charge in [0.05, 0.1) is 11.0 Å². The average Bonchev–Trinajstić information content (AvgIpc) is 3.93.